The third kappa shape index (κ3) is 5.25. The Bertz CT molecular complexity index is 787. The number of nitrogens with zero attached hydrogens (tertiary/aromatic N) is 2. The molecule has 28 heavy (non-hydrogen) atoms. The minimum atomic E-state index is -0.0688. The third-order valence-corrected chi connectivity index (χ3v) is 4.81. The molecule has 1 aliphatic rings. The Balaban J connectivity index is 1.52. The van der Waals surface area contributed by atoms with Crippen LogP contribution in [0.2, 0.25) is 0 Å². The molecule has 148 valence electrons. The van der Waals surface area contributed by atoms with Gasteiger partial charge in [0.05, 0.1) is 0 Å². The molecule has 0 saturated carbocycles. The molecule has 6 nitrogen and oxygen atoms in total. The first kappa shape index (κ1) is 19.7. The predicted octanol–water partition coefficient (Wildman–Crippen LogP) is 2.53. The van der Waals surface area contributed by atoms with E-state index in [1.165, 1.54) is 5.56 Å². The Morgan fingerprint density at radius 1 is 0.929 bits per heavy atom. The summed E-state index contributed by atoms with van der Waals surface area (Å²) in [7, 11) is 0. The second kappa shape index (κ2) is 9.78. The van der Waals surface area contributed by atoms with E-state index in [0.29, 0.717) is 32.7 Å². The Kier molecular flexibility index (Phi) is 6.89. The molecule has 1 heterocycles. The summed E-state index contributed by atoms with van der Waals surface area (Å²) >= 11 is 0. The van der Waals surface area contributed by atoms with E-state index in [4.69, 9.17) is 4.74 Å². The van der Waals surface area contributed by atoms with Crippen LogP contribution in [0.4, 0.5) is 4.79 Å². The second-order valence-electron chi connectivity index (χ2n) is 6.76. The number of rotatable bonds is 6. The number of hydrogen-bond acceptors (Lipinski definition) is 3. The standard InChI is InChI=1S/C22H27N3O3/c1-2-23-22(27)25-14-12-24(13-15-25)21(26)17-28-20-11-7-6-10-19(20)16-18-8-4-3-5-9-18/h3-11H,2,12-17H2,1H3,(H,23,27). The monoisotopic (exact) mass is 381 g/mol. The zero-order valence-electron chi connectivity index (χ0n) is 16.3. The quantitative estimate of drug-likeness (QED) is 0.836. The lowest BCUT2D eigenvalue weighted by atomic mass is 10.0. The first-order valence-electron chi connectivity index (χ1n) is 9.72. The number of para-hydroxylation sites is 1. The summed E-state index contributed by atoms with van der Waals surface area (Å²) in [4.78, 5) is 27.9. The molecule has 0 aromatic heterocycles. The van der Waals surface area contributed by atoms with Gasteiger partial charge in [-0.3, -0.25) is 4.79 Å². The van der Waals surface area contributed by atoms with E-state index in [0.717, 1.165) is 17.7 Å². The maximum absolute atomic E-state index is 12.5. The van der Waals surface area contributed by atoms with Gasteiger partial charge >= 0.3 is 6.03 Å². The van der Waals surface area contributed by atoms with Crippen LogP contribution in [0.1, 0.15) is 18.1 Å². The summed E-state index contributed by atoms with van der Waals surface area (Å²) in [5.74, 6) is 0.686. The lowest BCUT2D eigenvalue weighted by Crippen LogP contribution is -2.53. The normalized spacial score (nSPS) is 13.9. The van der Waals surface area contributed by atoms with Crippen molar-refractivity contribution in [2.24, 2.45) is 0 Å². The van der Waals surface area contributed by atoms with Gasteiger partial charge in [0.1, 0.15) is 5.75 Å². The summed E-state index contributed by atoms with van der Waals surface area (Å²) < 4.78 is 5.85. The van der Waals surface area contributed by atoms with Crippen LogP contribution in [0.15, 0.2) is 54.6 Å². The zero-order chi connectivity index (χ0) is 19.8. The molecule has 0 atom stereocenters. The highest BCUT2D eigenvalue weighted by Crippen LogP contribution is 2.21. The van der Waals surface area contributed by atoms with Gasteiger partial charge in [-0.1, -0.05) is 48.5 Å². The highest BCUT2D eigenvalue weighted by Gasteiger charge is 2.24. The van der Waals surface area contributed by atoms with Crippen LogP contribution in [0, 0.1) is 0 Å². The van der Waals surface area contributed by atoms with Gasteiger partial charge in [-0.25, -0.2) is 4.79 Å². The van der Waals surface area contributed by atoms with Crippen molar-refractivity contribution in [3.8, 4) is 5.75 Å². The average molecular weight is 381 g/mol. The molecule has 0 bridgehead atoms. The molecule has 1 aliphatic heterocycles. The summed E-state index contributed by atoms with van der Waals surface area (Å²) in [6.07, 6.45) is 0.760. The molecule has 2 aromatic carbocycles. The number of piperazine rings is 1. The lowest BCUT2D eigenvalue weighted by molar-refractivity contribution is -0.134. The van der Waals surface area contributed by atoms with E-state index in [1.807, 2.05) is 49.4 Å². The zero-order valence-corrected chi connectivity index (χ0v) is 16.3. The van der Waals surface area contributed by atoms with Crippen molar-refractivity contribution in [1.82, 2.24) is 15.1 Å². The van der Waals surface area contributed by atoms with Crippen LogP contribution in [0.25, 0.3) is 0 Å². The van der Waals surface area contributed by atoms with Crippen molar-refractivity contribution < 1.29 is 14.3 Å². The fourth-order valence-electron chi connectivity index (χ4n) is 3.26. The number of carbonyl (C=O) groups excluding carboxylic acids is 2. The van der Waals surface area contributed by atoms with Gasteiger partial charge in [0.25, 0.3) is 5.91 Å². The minimum Gasteiger partial charge on any atom is -0.483 e. The maximum Gasteiger partial charge on any atom is 0.317 e. The molecule has 1 saturated heterocycles. The summed E-state index contributed by atoms with van der Waals surface area (Å²) in [6, 6.07) is 17.9. The van der Waals surface area contributed by atoms with Gasteiger partial charge in [0.15, 0.2) is 6.61 Å². The highest BCUT2D eigenvalue weighted by atomic mass is 16.5. The van der Waals surface area contributed by atoms with Crippen molar-refractivity contribution >= 4 is 11.9 Å². The van der Waals surface area contributed by atoms with E-state index in [-0.39, 0.29) is 18.5 Å². The first-order valence-corrected chi connectivity index (χ1v) is 9.72. The summed E-state index contributed by atoms with van der Waals surface area (Å²) in [6.45, 7) is 4.66. The molecule has 2 aromatic rings. The second-order valence-corrected chi connectivity index (χ2v) is 6.76. The molecule has 1 fully saturated rings. The molecule has 3 rings (SSSR count). The minimum absolute atomic E-state index is 0.00690. The predicted molar refractivity (Wildman–Crippen MR) is 108 cm³/mol. The molecular weight excluding hydrogens is 354 g/mol. The SMILES string of the molecule is CCNC(=O)N1CCN(C(=O)COc2ccccc2Cc2ccccc2)CC1. The Hall–Kier alpha value is -3.02. The first-order chi connectivity index (χ1) is 13.7. The lowest BCUT2D eigenvalue weighted by Gasteiger charge is -2.34. The Morgan fingerprint density at radius 3 is 2.29 bits per heavy atom. The van der Waals surface area contributed by atoms with Crippen molar-refractivity contribution in [1.29, 1.82) is 0 Å². The number of amides is 3. The number of hydrogen-bond donors (Lipinski definition) is 1. The molecule has 0 spiro atoms. The van der Waals surface area contributed by atoms with Crippen LogP contribution in [0.5, 0.6) is 5.75 Å². The fraction of sp³-hybridized carbons (Fsp3) is 0.364. The number of ether oxygens (including phenoxy) is 1. The van der Waals surface area contributed by atoms with E-state index in [2.05, 4.69) is 17.4 Å². The summed E-state index contributed by atoms with van der Waals surface area (Å²) in [5.41, 5.74) is 2.26. The molecule has 0 aliphatic carbocycles. The van der Waals surface area contributed by atoms with Gasteiger partial charge in [-0.05, 0) is 24.1 Å². The van der Waals surface area contributed by atoms with Gasteiger partial charge < -0.3 is 19.9 Å². The van der Waals surface area contributed by atoms with E-state index >= 15 is 0 Å². The highest BCUT2D eigenvalue weighted by molar-refractivity contribution is 5.79. The maximum atomic E-state index is 12.5. The number of benzene rings is 2. The van der Waals surface area contributed by atoms with E-state index in [1.54, 1.807) is 9.80 Å². The average Bonchev–Trinajstić information content (AvgIpc) is 2.74. The topological polar surface area (TPSA) is 61.9 Å². The van der Waals surface area contributed by atoms with Gasteiger partial charge in [-0.15, -0.1) is 0 Å². The smallest absolute Gasteiger partial charge is 0.317 e. The molecule has 0 radical (unpaired) electrons. The van der Waals surface area contributed by atoms with Crippen molar-refractivity contribution in [3.05, 3.63) is 65.7 Å². The van der Waals surface area contributed by atoms with Crippen LogP contribution in [-0.2, 0) is 11.2 Å². The molecule has 3 amide bonds. The Labute approximate surface area is 166 Å². The van der Waals surface area contributed by atoms with Gasteiger partial charge in [0.2, 0.25) is 0 Å². The van der Waals surface area contributed by atoms with Crippen molar-refractivity contribution in [3.63, 3.8) is 0 Å². The number of urea groups is 1. The van der Waals surface area contributed by atoms with Gasteiger partial charge in [0, 0.05) is 39.1 Å². The molecule has 1 N–H and O–H groups in total. The van der Waals surface area contributed by atoms with E-state index < -0.39 is 0 Å². The fourth-order valence-corrected chi connectivity index (χ4v) is 3.26. The molecule has 6 heteroatoms. The van der Waals surface area contributed by atoms with Crippen LogP contribution in [-0.4, -0.2) is 61.1 Å². The van der Waals surface area contributed by atoms with Crippen molar-refractivity contribution in [2.45, 2.75) is 13.3 Å². The van der Waals surface area contributed by atoms with Crippen molar-refractivity contribution in [2.75, 3.05) is 39.3 Å². The van der Waals surface area contributed by atoms with Crippen LogP contribution < -0.4 is 10.1 Å². The Morgan fingerprint density at radius 2 is 1.57 bits per heavy atom. The summed E-state index contributed by atoms with van der Waals surface area (Å²) in [5, 5.41) is 2.79. The number of nitrogens with one attached hydrogen (secondary N) is 1. The molecular formula is C22H27N3O3. The largest absolute Gasteiger partial charge is 0.483 e. The molecule has 0 unspecified atom stereocenters. The van der Waals surface area contributed by atoms with Crippen LogP contribution in [0.3, 0.4) is 0 Å². The van der Waals surface area contributed by atoms with Crippen LogP contribution >= 0.6 is 0 Å². The number of carbonyl (C=O) groups is 2. The van der Waals surface area contributed by atoms with Gasteiger partial charge in [-0.2, -0.15) is 0 Å². The third-order valence-electron chi connectivity index (χ3n) is 4.81. The van der Waals surface area contributed by atoms with E-state index in [9.17, 15) is 9.59 Å².